The topological polar surface area (TPSA) is 86.0 Å². The molecule has 0 radical (unpaired) electrons. The van der Waals surface area contributed by atoms with Crippen LogP contribution in [0, 0.1) is 0 Å². The van der Waals surface area contributed by atoms with Gasteiger partial charge in [0.1, 0.15) is 6.04 Å². The molecule has 1 fully saturated rings. The Kier molecular flexibility index (Phi) is 6.39. The molecular weight excluding hydrogens is 406 g/mol. The SMILES string of the molecule is Cn1cc(C(C(=O)O)N2CCN(CC=Cc3ccccc3)CC2)c2ccc(C(=O)O)cc21. The maximum Gasteiger partial charge on any atom is 0.335 e. The van der Waals surface area contributed by atoms with Crippen LogP contribution in [0.4, 0.5) is 0 Å². The first-order valence-corrected chi connectivity index (χ1v) is 10.7. The van der Waals surface area contributed by atoms with Crippen LogP contribution in [0.25, 0.3) is 17.0 Å². The van der Waals surface area contributed by atoms with Crippen molar-refractivity contribution in [3.05, 3.63) is 77.5 Å². The molecule has 4 rings (SSSR count). The number of carboxylic acid groups (broad SMARTS) is 2. The zero-order valence-electron chi connectivity index (χ0n) is 18.0. The monoisotopic (exact) mass is 433 g/mol. The fourth-order valence-corrected chi connectivity index (χ4v) is 4.36. The molecule has 166 valence electrons. The third kappa shape index (κ3) is 4.59. The second-order valence-corrected chi connectivity index (χ2v) is 8.12. The molecule has 1 saturated heterocycles. The predicted octanol–water partition coefficient (Wildman–Crippen LogP) is 3.33. The average molecular weight is 434 g/mol. The van der Waals surface area contributed by atoms with Crippen LogP contribution >= 0.6 is 0 Å². The molecule has 2 heterocycles. The van der Waals surface area contributed by atoms with Gasteiger partial charge < -0.3 is 14.8 Å². The highest BCUT2D eigenvalue weighted by molar-refractivity contribution is 5.96. The van der Waals surface area contributed by atoms with E-state index in [1.807, 2.05) is 36.3 Å². The molecule has 32 heavy (non-hydrogen) atoms. The molecule has 0 amide bonds. The zero-order chi connectivity index (χ0) is 22.7. The molecule has 1 aromatic heterocycles. The number of carbonyl (C=O) groups is 2. The number of hydrogen-bond donors (Lipinski definition) is 2. The maximum atomic E-state index is 12.3. The first-order chi connectivity index (χ1) is 15.4. The minimum absolute atomic E-state index is 0.189. The van der Waals surface area contributed by atoms with Crippen molar-refractivity contribution < 1.29 is 19.8 Å². The number of nitrogens with zero attached hydrogens (tertiary/aromatic N) is 3. The van der Waals surface area contributed by atoms with E-state index < -0.39 is 18.0 Å². The average Bonchev–Trinajstić information content (AvgIpc) is 3.11. The number of fused-ring (bicyclic) bond motifs is 1. The third-order valence-electron chi connectivity index (χ3n) is 6.04. The van der Waals surface area contributed by atoms with Gasteiger partial charge in [-0.1, -0.05) is 48.6 Å². The second kappa shape index (κ2) is 9.38. The summed E-state index contributed by atoms with van der Waals surface area (Å²) in [6.07, 6.45) is 6.06. The van der Waals surface area contributed by atoms with Crippen LogP contribution in [0.1, 0.15) is 27.5 Å². The number of rotatable bonds is 7. The molecule has 0 aliphatic carbocycles. The Morgan fingerprint density at radius 3 is 2.41 bits per heavy atom. The minimum Gasteiger partial charge on any atom is -0.480 e. The van der Waals surface area contributed by atoms with E-state index in [0.29, 0.717) is 18.7 Å². The van der Waals surface area contributed by atoms with E-state index >= 15 is 0 Å². The molecule has 0 bridgehead atoms. The summed E-state index contributed by atoms with van der Waals surface area (Å²) in [5.41, 5.74) is 2.77. The maximum absolute atomic E-state index is 12.3. The molecule has 7 heteroatoms. The van der Waals surface area contributed by atoms with E-state index in [1.54, 1.807) is 16.7 Å². The molecular formula is C25H27N3O4. The Hall–Kier alpha value is -3.42. The number of aromatic nitrogens is 1. The van der Waals surface area contributed by atoms with Crippen LogP contribution in [0.2, 0.25) is 0 Å². The van der Waals surface area contributed by atoms with Gasteiger partial charge in [0, 0.05) is 62.4 Å². The normalized spacial score (nSPS) is 16.5. The zero-order valence-corrected chi connectivity index (χ0v) is 18.0. The van der Waals surface area contributed by atoms with Crippen molar-refractivity contribution in [2.24, 2.45) is 7.05 Å². The number of aliphatic carboxylic acids is 1. The molecule has 1 aliphatic heterocycles. The van der Waals surface area contributed by atoms with Gasteiger partial charge in [0.05, 0.1) is 5.56 Å². The van der Waals surface area contributed by atoms with Gasteiger partial charge in [-0.15, -0.1) is 0 Å². The molecule has 1 aliphatic rings. The summed E-state index contributed by atoms with van der Waals surface area (Å²) < 4.78 is 1.80. The van der Waals surface area contributed by atoms with Crippen molar-refractivity contribution in [3.63, 3.8) is 0 Å². The van der Waals surface area contributed by atoms with Gasteiger partial charge in [0.25, 0.3) is 0 Å². The van der Waals surface area contributed by atoms with E-state index in [2.05, 4.69) is 29.2 Å². The molecule has 1 atom stereocenters. The number of carboxylic acids is 2. The number of benzene rings is 2. The summed E-state index contributed by atoms with van der Waals surface area (Å²) in [6.45, 7) is 3.71. The predicted molar refractivity (Wildman–Crippen MR) is 124 cm³/mol. The Morgan fingerprint density at radius 1 is 1.03 bits per heavy atom. The third-order valence-corrected chi connectivity index (χ3v) is 6.04. The van der Waals surface area contributed by atoms with Crippen molar-refractivity contribution in [2.45, 2.75) is 6.04 Å². The highest BCUT2D eigenvalue weighted by atomic mass is 16.4. The van der Waals surface area contributed by atoms with Crippen LogP contribution in [0.15, 0.2) is 60.8 Å². The van der Waals surface area contributed by atoms with Crippen LogP contribution in [0.3, 0.4) is 0 Å². The standard InChI is InChI=1S/C25H27N3O4/c1-26-17-21(20-10-9-19(24(29)30)16-22(20)26)23(25(31)32)28-14-12-27(13-15-28)11-5-8-18-6-3-2-4-7-18/h2-10,16-17,23H,11-15H2,1H3,(H,29,30)(H,31,32). The summed E-state index contributed by atoms with van der Waals surface area (Å²) in [4.78, 5) is 27.9. The highest BCUT2D eigenvalue weighted by Gasteiger charge is 2.32. The molecule has 0 saturated carbocycles. The van der Waals surface area contributed by atoms with Gasteiger partial charge in [0.15, 0.2) is 0 Å². The van der Waals surface area contributed by atoms with Crippen molar-refractivity contribution in [1.82, 2.24) is 14.4 Å². The van der Waals surface area contributed by atoms with Gasteiger partial charge in [-0.05, 0) is 17.7 Å². The fourth-order valence-electron chi connectivity index (χ4n) is 4.36. The van der Waals surface area contributed by atoms with E-state index in [4.69, 9.17) is 0 Å². The van der Waals surface area contributed by atoms with Crippen LogP contribution in [-0.4, -0.2) is 69.2 Å². The summed E-state index contributed by atoms with van der Waals surface area (Å²) >= 11 is 0. The summed E-state index contributed by atoms with van der Waals surface area (Å²) in [5.74, 6) is -1.89. The van der Waals surface area contributed by atoms with Crippen LogP contribution in [0.5, 0.6) is 0 Å². The molecule has 2 aromatic carbocycles. The highest BCUT2D eigenvalue weighted by Crippen LogP contribution is 2.31. The summed E-state index contributed by atoms with van der Waals surface area (Å²) in [6, 6.07) is 14.2. The van der Waals surface area contributed by atoms with Gasteiger partial charge >= 0.3 is 11.9 Å². The Labute approximate surface area is 186 Å². The first-order valence-electron chi connectivity index (χ1n) is 10.7. The molecule has 2 N–H and O–H groups in total. The second-order valence-electron chi connectivity index (χ2n) is 8.12. The van der Waals surface area contributed by atoms with E-state index in [-0.39, 0.29) is 5.56 Å². The van der Waals surface area contributed by atoms with Crippen LogP contribution in [-0.2, 0) is 11.8 Å². The number of piperazine rings is 1. The Morgan fingerprint density at radius 2 is 1.75 bits per heavy atom. The van der Waals surface area contributed by atoms with Gasteiger partial charge in [-0.25, -0.2) is 4.79 Å². The van der Waals surface area contributed by atoms with E-state index in [0.717, 1.165) is 30.5 Å². The van der Waals surface area contributed by atoms with E-state index in [9.17, 15) is 19.8 Å². The summed E-state index contributed by atoms with van der Waals surface area (Å²) in [7, 11) is 1.81. The number of hydrogen-bond acceptors (Lipinski definition) is 4. The smallest absolute Gasteiger partial charge is 0.335 e. The molecule has 0 spiro atoms. The molecule has 3 aromatic rings. The minimum atomic E-state index is -0.998. The Bertz CT molecular complexity index is 1140. The van der Waals surface area contributed by atoms with Gasteiger partial charge in [0.2, 0.25) is 0 Å². The van der Waals surface area contributed by atoms with Crippen molar-refractivity contribution in [3.8, 4) is 0 Å². The Balaban J connectivity index is 1.47. The van der Waals surface area contributed by atoms with Gasteiger partial charge in [-0.3, -0.25) is 14.6 Å². The molecule has 1 unspecified atom stereocenters. The van der Waals surface area contributed by atoms with Crippen molar-refractivity contribution in [1.29, 1.82) is 0 Å². The number of aryl methyl sites for hydroxylation is 1. The van der Waals surface area contributed by atoms with Gasteiger partial charge in [-0.2, -0.15) is 0 Å². The molecule has 7 nitrogen and oxygen atoms in total. The van der Waals surface area contributed by atoms with Crippen molar-refractivity contribution >= 4 is 28.9 Å². The van der Waals surface area contributed by atoms with Crippen LogP contribution < -0.4 is 0 Å². The first kappa shape index (κ1) is 21.8. The van der Waals surface area contributed by atoms with E-state index in [1.165, 1.54) is 11.6 Å². The largest absolute Gasteiger partial charge is 0.480 e. The quantitative estimate of drug-likeness (QED) is 0.595. The lowest BCUT2D eigenvalue weighted by Crippen LogP contribution is -2.49. The lowest BCUT2D eigenvalue weighted by atomic mass is 10.0. The lowest BCUT2D eigenvalue weighted by molar-refractivity contribution is -0.144. The van der Waals surface area contributed by atoms with Crippen molar-refractivity contribution in [2.75, 3.05) is 32.7 Å². The summed E-state index contributed by atoms with van der Waals surface area (Å²) in [5, 5.41) is 20.1. The fraction of sp³-hybridized carbons (Fsp3) is 0.280. The number of aromatic carboxylic acids is 1. The lowest BCUT2D eigenvalue weighted by Gasteiger charge is -2.37.